The SMILES string of the molecule is CCOC(=O)c1cc(C(=O)/C=C/N(C)C)nn1-c1cc(Cl)ccc1CC. The summed E-state index contributed by atoms with van der Waals surface area (Å²) >= 11 is 6.13. The van der Waals surface area contributed by atoms with Crippen LogP contribution >= 0.6 is 11.6 Å². The summed E-state index contributed by atoms with van der Waals surface area (Å²) in [4.78, 5) is 26.5. The number of benzene rings is 1. The molecule has 1 aromatic heterocycles. The molecule has 0 bridgehead atoms. The van der Waals surface area contributed by atoms with Crippen LogP contribution < -0.4 is 0 Å². The summed E-state index contributed by atoms with van der Waals surface area (Å²) in [5.74, 6) is -0.847. The lowest BCUT2D eigenvalue weighted by Crippen LogP contribution is -2.13. The summed E-state index contributed by atoms with van der Waals surface area (Å²) in [6, 6.07) is 6.83. The zero-order valence-electron chi connectivity index (χ0n) is 15.3. The highest BCUT2D eigenvalue weighted by Gasteiger charge is 2.21. The largest absolute Gasteiger partial charge is 0.461 e. The van der Waals surface area contributed by atoms with Gasteiger partial charge in [-0.3, -0.25) is 4.79 Å². The molecule has 0 spiro atoms. The molecule has 1 aromatic carbocycles. The number of hydrogen-bond acceptors (Lipinski definition) is 5. The van der Waals surface area contributed by atoms with E-state index in [0.29, 0.717) is 10.7 Å². The maximum Gasteiger partial charge on any atom is 0.357 e. The number of aromatic nitrogens is 2. The number of allylic oxidation sites excluding steroid dienone is 1. The number of aryl methyl sites for hydroxylation is 1. The van der Waals surface area contributed by atoms with Gasteiger partial charge in [-0.15, -0.1) is 0 Å². The third-order valence-corrected chi connectivity index (χ3v) is 3.86. The summed E-state index contributed by atoms with van der Waals surface area (Å²) in [5, 5.41) is 4.87. The van der Waals surface area contributed by atoms with E-state index in [9.17, 15) is 9.59 Å². The molecule has 138 valence electrons. The highest BCUT2D eigenvalue weighted by molar-refractivity contribution is 6.30. The Balaban J connectivity index is 2.58. The van der Waals surface area contributed by atoms with Crippen molar-refractivity contribution in [3.63, 3.8) is 0 Å². The zero-order chi connectivity index (χ0) is 19.3. The molecule has 2 aromatic rings. The molecule has 0 amide bonds. The number of esters is 1. The van der Waals surface area contributed by atoms with Crippen molar-refractivity contribution in [2.24, 2.45) is 0 Å². The standard InChI is InChI=1S/C19H22ClN3O3/c1-5-13-7-8-14(20)11-16(13)23-17(19(25)26-6-2)12-15(21-23)18(24)9-10-22(3)4/h7-12H,5-6H2,1-4H3/b10-9+. The van der Waals surface area contributed by atoms with Crippen LogP contribution in [0, 0.1) is 0 Å². The molecule has 7 heteroatoms. The minimum atomic E-state index is -0.544. The molecule has 1 heterocycles. The fourth-order valence-corrected chi connectivity index (χ4v) is 2.54. The Morgan fingerprint density at radius 2 is 2.00 bits per heavy atom. The van der Waals surface area contributed by atoms with E-state index in [0.717, 1.165) is 12.0 Å². The Labute approximate surface area is 158 Å². The van der Waals surface area contributed by atoms with E-state index >= 15 is 0 Å². The Hall–Kier alpha value is -2.60. The van der Waals surface area contributed by atoms with E-state index in [2.05, 4.69) is 5.10 Å². The topological polar surface area (TPSA) is 64.4 Å². The van der Waals surface area contributed by atoms with Gasteiger partial charge in [-0.25, -0.2) is 9.48 Å². The first-order valence-corrected chi connectivity index (χ1v) is 8.70. The number of carbonyl (C=O) groups excluding carboxylic acids is 2. The van der Waals surface area contributed by atoms with Gasteiger partial charge in [0.25, 0.3) is 0 Å². The first-order valence-electron chi connectivity index (χ1n) is 8.32. The van der Waals surface area contributed by atoms with Gasteiger partial charge in [-0.2, -0.15) is 5.10 Å². The number of nitrogens with zero attached hydrogens (tertiary/aromatic N) is 3. The molecular weight excluding hydrogens is 354 g/mol. The van der Waals surface area contributed by atoms with Gasteiger partial charge in [0, 0.05) is 37.5 Å². The molecule has 0 aliphatic carbocycles. The van der Waals surface area contributed by atoms with Crippen molar-refractivity contribution in [2.45, 2.75) is 20.3 Å². The number of ether oxygens (including phenoxy) is 1. The summed E-state index contributed by atoms with van der Waals surface area (Å²) < 4.78 is 6.54. The Kier molecular flexibility index (Phi) is 6.58. The van der Waals surface area contributed by atoms with Crippen molar-refractivity contribution in [2.75, 3.05) is 20.7 Å². The molecule has 0 saturated carbocycles. The smallest absolute Gasteiger partial charge is 0.357 e. The lowest BCUT2D eigenvalue weighted by Gasteiger charge is -2.11. The van der Waals surface area contributed by atoms with Crippen LogP contribution in [0.2, 0.25) is 5.02 Å². The van der Waals surface area contributed by atoms with Gasteiger partial charge in [0.1, 0.15) is 5.69 Å². The van der Waals surface area contributed by atoms with Crippen LogP contribution in [0.4, 0.5) is 0 Å². The first-order chi connectivity index (χ1) is 12.4. The molecule has 2 rings (SSSR count). The predicted molar refractivity (Wildman–Crippen MR) is 101 cm³/mol. The van der Waals surface area contributed by atoms with E-state index < -0.39 is 5.97 Å². The van der Waals surface area contributed by atoms with Gasteiger partial charge < -0.3 is 9.64 Å². The first kappa shape index (κ1) is 19.7. The summed E-state index contributed by atoms with van der Waals surface area (Å²) in [6.07, 6.45) is 3.75. The van der Waals surface area contributed by atoms with Gasteiger partial charge >= 0.3 is 5.97 Å². The molecule has 0 N–H and O–H groups in total. The molecule has 0 aliphatic rings. The fourth-order valence-electron chi connectivity index (χ4n) is 2.37. The van der Waals surface area contributed by atoms with Gasteiger partial charge in [0.15, 0.2) is 5.69 Å². The summed E-state index contributed by atoms with van der Waals surface area (Å²) in [5.41, 5.74) is 1.95. The molecule has 0 radical (unpaired) electrons. The minimum absolute atomic E-state index is 0.160. The van der Waals surface area contributed by atoms with Crippen LogP contribution in [0.3, 0.4) is 0 Å². The summed E-state index contributed by atoms with van der Waals surface area (Å²) in [6.45, 7) is 3.94. The zero-order valence-corrected chi connectivity index (χ0v) is 16.1. The molecule has 26 heavy (non-hydrogen) atoms. The number of carbonyl (C=O) groups is 2. The van der Waals surface area contributed by atoms with Gasteiger partial charge in [-0.1, -0.05) is 24.6 Å². The number of rotatable bonds is 7. The third kappa shape index (κ3) is 4.52. The van der Waals surface area contributed by atoms with Crippen LogP contribution in [-0.2, 0) is 11.2 Å². The second-order valence-corrected chi connectivity index (χ2v) is 6.25. The average molecular weight is 376 g/mol. The van der Waals surface area contributed by atoms with Gasteiger partial charge in [0.05, 0.1) is 12.3 Å². The van der Waals surface area contributed by atoms with E-state index in [1.54, 1.807) is 30.2 Å². The van der Waals surface area contributed by atoms with Crippen molar-refractivity contribution in [1.82, 2.24) is 14.7 Å². The lowest BCUT2D eigenvalue weighted by molar-refractivity contribution is 0.0515. The molecule has 0 atom stereocenters. The van der Waals surface area contributed by atoms with Crippen molar-refractivity contribution >= 4 is 23.4 Å². The highest BCUT2D eigenvalue weighted by atomic mass is 35.5. The fraction of sp³-hybridized carbons (Fsp3) is 0.316. The van der Waals surface area contributed by atoms with Crippen LogP contribution in [0.5, 0.6) is 0 Å². The van der Waals surface area contributed by atoms with Crippen LogP contribution in [0.15, 0.2) is 36.5 Å². The average Bonchev–Trinajstić information content (AvgIpc) is 3.05. The molecule has 0 fully saturated rings. The van der Waals surface area contributed by atoms with Crippen molar-refractivity contribution < 1.29 is 14.3 Å². The number of ketones is 1. The second kappa shape index (κ2) is 8.67. The van der Waals surface area contributed by atoms with Gasteiger partial charge in [0.2, 0.25) is 5.78 Å². The Bertz CT molecular complexity index is 841. The lowest BCUT2D eigenvalue weighted by atomic mass is 10.1. The minimum Gasteiger partial charge on any atom is -0.461 e. The maximum absolute atomic E-state index is 12.4. The number of hydrogen-bond donors (Lipinski definition) is 0. The van der Waals surface area contributed by atoms with E-state index in [-0.39, 0.29) is 23.8 Å². The second-order valence-electron chi connectivity index (χ2n) is 5.82. The van der Waals surface area contributed by atoms with Crippen LogP contribution in [-0.4, -0.2) is 47.1 Å². The number of halogens is 1. The Morgan fingerprint density at radius 1 is 1.27 bits per heavy atom. The molecular formula is C19H22ClN3O3. The summed E-state index contributed by atoms with van der Waals surface area (Å²) in [7, 11) is 3.62. The van der Waals surface area contributed by atoms with E-state index in [1.165, 1.54) is 16.8 Å². The molecule has 6 nitrogen and oxygen atoms in total. The molecule has 0 unspecified atom stereocenters. The molecule has 0 aliphatic heterocycles. The van der Waals surface area contributed by atoms with Crippen molar-refractivity contribution in [3.8, 4) is 5.69 Å². The monoisotopic (exact) mass is 375 g/mol. The normalized spacial score (nSPS) is 11.0. The molecule has 0 saturated heterocycles. The maximum atomic E-state index is 12.4. The van der Waals surface area contributed by atoms with Gasteiger partial charge in [-0.05, 0) is 31.0 Å². The van der Waals surface area contributed by atoms with Crippen LogP contribution in [0.25, 0.3) is 5.69 Å². The van der Waals surface area contributed by atoms with E-state index in [4.69, 9.17) is 16.3 Å². The van der Waals surface area contributed by atoms with Crippen molar-refractivity contribution in [3.05, 3.63) is 58.5 Å². The van der Waals surface area contributed by atoms with Crippen molar-refractivity contribution in [1.29, 1.82) is 0 Å². The quantitative estimate of drug-likeness (QED) is 0.421. The highest BCUT2D eigenvalue weighted by Crippen LogP contribution is 2.23. The third-order valence-electron chi connectivity index (χ3n) is 3.63. The predicted octanol–water partition coefficient (Wildman–Crippen LogP) is 3.52. The Morgan fingerprint density at radius 3 is 2.62 bits per heavy atom. The van der Waals surface area contributed by atoms with Crippen LogP contribution in [0.1, 0.15) is 40.4 Å². The van der Waals surface area contributed by atoms with E-state index in [1.807, 2.05) is 27.1 Å².